The largest absolute Gasteiger partial charge is 0.379 e. The maximum Gasteiger partial charge on any atom is 0.254 e. The van der Waals surface area contributed by atoms with Crippen LogP contribution in [0, 0.1) is 11.6 Å². The Hall–Kier alpha value is -2.84. The van der Waals surface area contributed by atoms with E-state index in [0.29, 0.717) is 31.7 Å². The van der Waals surface area contributed by atoms with E-state index in [1.807, 2.05) is 24.3 Å². The van der Waals surface area contributed by atoms with E-state index >= 15 is 0 Å². The number of halogens is 2. The van der Waals surface area contributed by atoms with Gasteiger partial charge in [0.2, 0.25) is 0 Å². The highest BCUT2D eigenvalue weighted by Gasteiger charge is 2.26. The van der Waals surface area contributed by atoms with Crippen LogP contribution in [-0.2, 0) is 11.3 Å². The van der Waals surface area contributed by atoms with Crippen molar-refractivity contribution in [1.82, 2.24) is 14.7 Å². The topological polar surface area (TPSA) is 53.1 Å². The molecule has 0 N–H and O–H groups in total. The molecular weight excluding hydrogens is 404 g/mol. The Morgan fingerprint density at radius 3 is 2.00 bits per heavy atom. The smallest absolute Gasteiger partial charge is 0.254 e. The lowest BCUT2D eigenvalue weighted by Gasteiger charge is -2.35. The van der Waals surface area contributed by atoms with Crippen molar-refractivity contribution >= 4 is 11.8 Å². The van der Waals surface area contributed by atoms with Crippen LogP contribution in [0.5, 0.6) is 0 Å². The maximum atomic E-state index is 13.4. The van der Waals surface area contributed by atoms with Crippen molar-refractivity contribution in [3.05, 3.63) is 70.8 Å². The van der Waals surface area contributed by atoms with Crippen LogP contribution in [0.25, 0.3) is 0 Å². The van der Waals surface area contributed by atoms with Gasteiger partial charge in [-0.3, -0.25) is 14.5 Å². The highest BCUT2D eigenvalue weighted by atomic mass is 19.2. The number of piperazine rings is 1. The minimum Gasteiger partial charge on any atom is -0.379 e. The second kappa shape index (κ2) is 9.53. The number of amides is 2. The average Bonchev–Trinajstić information content (AvgIpc) is 2.81. The number of hydrogen-bond donors (Lipinski definition) is 0. The number of carbonyl (C=O) groups is 2. The molecule has 0 aromatic heterocycles. The van der Waals surface area contributed by atoms with Gasteiger partial charge in [0.15, 0.2) is 11.6 Å². The lowest BCUT2D eigenvalue weighted by molar-refractivity contribution is 0.0341. The zero-order valence-corrected chi connectivity index (χ0v) is 17.2. The summed E-state index contributed by atoms with van der Waals surface area (Å²) in [5.74, 6) is -2.46. The fraction of sp³-hybridized carbons (Fsp3) is 0.391. The quantitative estimate of drug-likeness (QED) is 0.749. The first-order valence-electron chi connectivity index (χ1n) is 10.4. The van der Waals surface area contributed by atoms with Crippen LogP contribution in [0.2, 0.25) is 0 Å². The molecule has 0 aliphatic carbocycles. The van der Waals surface area contributed by atoms with Gasteiger partial charge >= 0.3 is 0 Å². The van der Waals surface area contributed by atoms with Gasteiger partial charge in [-0.15, -0.1) is 0 Å². The van der Waals surface area contributed by atoms with Gasteiger partial charge in [0.1, 0.15) is 0 Å². The Bertz CT molecular complexity index is 955. The number of carbonyl (C=O) groups excluding carboxylic acids is 2. The molecule has 2 aliphatic heterocycles. The lowest BCUT2D eigenvalue weighted by atomic mass is 10.1. The van der Waals surface area contributed by atoms with E-state index in [-0.39, 0.29) is 17.4 Å². The van der Waals surface area contributed by atoms with E-state index in [1.165, 1.54) is 6.07 Å². The number of benzene rings is 2. The summed E-state index contributed by atoms with van der Waals surface area (Å²) in [6.07, 6.45) is 0. The van der Waals surface area contributed by atoms with E-state index in [9.17, 15) is 18.4 Å². The van der Waals surface area contributed by atoms with E-state index in [0.717, 1.165) is 50.5 Å². The predicted molar refractivity (Wildman–Crippen MR) is 111 cm³/mol. The van der Waals surface area contributed by atoms with Gasteiger partial charge in [-0.25, -0.2) is 8.78 Å². The highest BCUT2D eigenvalue weighted by Crippen LogP contribution is 2.16. The molecule has 2 saturated heterocycles. The summed E-state index contributed by atoms with van der Waals surface area (Å²) >= 11 is 0. The molecule has 2 amide bonds. The fourth-order valence-electron chi connectivity index (χ4n) is 3.93. The summed E-state index contributed by atoms with van der Waals surface area (Å²) in [7, 11) is 0. The lowest BCUT2D eigenvalue weighted by Crippen LogP contribution is -2.50. The van der Waals surface area contributed by atoms with Crippen molar-refractivity contribution in [2.45, 2.75) is 6.54 Å². The Morgan fingerprint density at radius 1 is 0.774 bits per heavy atom. The monoisotopic (exact) mass is 429 g/mol. The third kappa shape index (κ3) is 5.08. The van der Waals surface area contributed by atoms with Crippen LogP contribution >= 0.6 is 0 Å². The Kier molecular flexibility index (Phi) is 6.58. The Morgan fingerprint density at radius 2 is 1.39 bits per heavy atom. The van der Waals surface area contributed by atoms with Gasteiger partial charge in [0.25, 0.3) is 11.8 Å². The van der Waals surface area contributed by atoms with Crippen molar-refractivity contribution in [3.8, 4) is 0 Å². The first kappa shape index (κ1) is 21.4. The molecule has 0 spiro atoms. The van der Waals surface area contributed by atoms with Gasteiger partial charge < -0.3 is 14.5 Å². The molecule has 2 heterocycles. The van der Waals surface area contributed by atoms with Crippen molar-refractivity contribution in [2.24, 2.45) is 0 Å². The molecule has 2 aromatic rings. The van der Waals surface area contributed by atoms with Gasteiger partial charge in [-0.1, -0.05) is 12.1 Å². The molecule has 2 aliphatic rings. The number of hydrogen-bond acceptors (Lipinski definition) is 4. The third-order valence-corrected chi connectivity index (χ3v) is 5.70. The molecule has 2 fully saturated rings. The minimum atomic E-state index is -1.04. The van der Waals surface area contributed by atoms with Crippen molar-refractivity contribution < 1.29 is 23.1 Å². The summed E-state index contributed by atoms with van der Waals surface area (Å²) in [4.78, 5) is 31.1. The molecule has 0 saturated carbocycles. The van der Waals surface area contributed by atoms with Crippen molar-refractivity contribution in [2.75, 3.05) is 52.5 Å². The first-order valence-corrected chi connectivity index (χ1v) is 10.4. The summed E-state index contributed by atoms with van der Waals surface area (Å²) in [5.41, 5.74) is 1.82. The predicted octanol–water partition coefficient (Wildman–Crippen LogP) is 2.40. The maximum absolute atomic E-state index is 13.4. The third-order valence-electron chi connectivity index (χ3n) is 5.70. The summed E-state index contributed by atoms with van der Waals surface area (Å²) in [6, 6.07) is 10.8. The van der Waals surface area contributed by atoms with Crippen LogP contribution in [0.3, 0.4) is 0 Å². The van der Waals surface area contributed by atoms with E-state index in [1.54, 1.807) is 9.80 Å². The van der Waals surface area contributed by atoms with Crippen LogP contribution in [0.15, 0.2) is 42.5 Å². The Labute approximate surface area is 180 Å². The molecule has 0 atom stereocenters. The number of rotatable bonds is 4. The number of ether oxygens (including phenoxy) is 1. The first-order chi connectivity index (χ1) is 15.0. The molecule has 8 heteroatoms. The summed E-state index contributed by atoms with van der Waals surface area (Å²) < 4.78 is 31.9. The molecule has 31 heavy (non-hydrogen) atoms. The molecule has 4 rings (SSSR count). The molecule has 2 aromatic carbocycles. The fourth-order valence-corrected chi connectivity index (χ4v) is 3.93. The molecule has 6 nitrogen and oxygen atoms in total. The normalized spacial score (nSPS) is 17.6. The average molecular weight is 429 g/mol. The Balaban J connectivity index is 1.35. The molecule has 164 valence electrons. The number of morpholine rings is 1. The highest BCUT2D eigenvalue weighted by molar-refractivity contribution is 5.96. The van der Waals surface area contributed by atoms with Gasteiger partial charge in [0, 0.05) is 56.9 Å². The van der Waals surface area contributed by atoms with E-state index in [2.05, 4.69) is 4.90 Å². The standard InChI is InChI=1S/C23H25F2N3O3/c24-20-5-4-19(15-21(20)25)23(30)28-8-6-27(7-9-28)22(29)18-3-1-2-17(14-18)16-26-10-12-31-13-11-26/h1-5,14-15H,6-13,16H2. The number of nitrogens with zero attached hydrogens (tertiary/aromatic N) is 3. The van der Waals surface area contributed by atoms with Crippen LogP contribution in [-0.4, -0.2) is 79.0 Å². The van der Waals surface area contributed by atoms with E-state index in [4.69, 9.17) is 4.74 Å². The molecule has 0 unspecified atom stereocenters. The van der Waals surface area contributed by atoms with Gasteiger partial charge in [-0.05, 0) is 35.9 Å². The second-order valence-electron chi connectivity index (χ2n) is 7.80. The SMILES string of the molecule is O=C(c1cccc(CN2CCOCC2)c1)N1CCN(C(=O)c2ccc(F)c(F)c2)CC1. The van der Waals surface area contributed by atoms with Crippen LogP contribution in [0.4, 0.5) is 8.78 Å². The van der Waals surface area contributed by atoms with E-state index < -0.39 is 11.6 Å². The summed E-state index contributed by atoms with van der Waals surface area (Å²) in [6.45, 7) is 5.47. The second-order valence-corrected chi connectivity index (χ2v) is 7.80. The zero-order chi connectivity index (χ0) is 21.8. The van der Waals surface area contributed by atoms with Gasteiger partial charge in [-0.2, -0.15) is 0 Å². The molecule has 0 bridgehead atoms. The minimum absolute atomic E-state index is 0.0660. The van der Waals surface area contributed by atoms with Crippen molar-refractivity contribution in [3.63, 3.8) is 0 Å². The van der Waals surface area contributed by atoms with Crippen LogP contribution in [0.1, 0.15) is 26.3 Å². The zero-order valence-electron chi connectivity index (χ0n) is 17.2. The molecule has 0 radical (unpaired) electrons. The van der Waals surface area contributed by atoms with Gasteiger partial charge in [0.05, 0.1) is 13.2 Å². The summed E-state index contributed by atoms with van der Waals surface area (Å²) in [5, 5.41) is 0. The van der Waals surface area contributed by atoms with Crippen LogP contribution < -0.4 is 0 Å². The molecular formula is C23H25F2N3O3. The van der Waals surface area contributed by atoms with Crippen molar-refractivity contribution in [1.29, 1.82) is 0 Å².